The minimum absolute atomic E-state index is 0.0595. The molecule has 3 aromatic rings. The molecule has 18 heavy (non-hydrogen) atoms. The van der Waals surface area contributed by atoms with Gasteiger partial charge in [-0.15, -0.1) is 0 Å². The van der Waals surface area contributed by atoms with Crippen LogP contribution in [-0.2, 0) is 6.61 Å². The molecular weight excluding hydrogens is 250 g/mol. The third-order valence-corrected chi connectivity index (χ3v) is 3.68. The average Bonchev–Trinajstić information content (AvgIpc) is 3.02. The molecule has 0 saturated carbocycles. The standard InChI is InChI=1S/C12H13N3O2S/c1-7(2)10-8(6-16)15-12(13-10)18-11(14-15)9-4-3-5-17-9/h3-5,7,16H,6H2,1-2H3. The van der Waals surface area contributed by atoms with Crippen molar-refractivity contribution in [1.29, 1.82) is 0 Å². The number of hydrogen-bond donors (Lipinski definition) is 1. The van der Waals surface area contributed by atoms with Crippen molar-refractivity contribution in [3.63, 3.8) is 0 Å². The van der Waals surface area contributed by atoms with E-state index in [-0.39, 0.29) is 12.5 Å². The molecule has 0 atom stereocenters. The first-order valence-electron chi connectivity index (χ1n) is 5.73. The van der Waals surface area contributed by atoms with E-state index in [1.165, 1.54) is 11.3 Å². The number of aromatic nitrogens is 3. The van der Waals surface area contributed by atoms with E-state index in [2.05, 4.69) is 23.9 Å². The van der Waals surface area contributed by atoms with Crippen LogP contribution in [0.2, 0.25) is 0 Å². The normalized spacial score (nSPS) is 11.8. The van der Waals surface area contributed by atoms with E-state index in [0.717, 1.165) is 27.1 Å². The quantitative estimate of drug-likeness (QED) is 0.789. The highest BCUT2D eigenvalue weighted by atomic mass is 32.1. The molecule has 94 valence electrons. The van der Waals surface area contributed by atoms with Crippen molar-refractivity contribution in [3.05, 3.63) is 29.8 Å². The van der Waals surface area contributed by atoms with Crippen molar-refractivity contribution in [3.8, 4) is 10.8 Å². The Hall–Kier alpha value is -1.66. The molecule has 0 radical (unpaired) electrons. The van der Waals surface area contributed by atoms with Gasteiger partial charge in [0.2, 0.25) is 4.96 Å². The summed E-state index contributed by atoms with van der Waals surface area (Å²) >= 11 is 1.46. The van der Waals surface area contributed by atoms with Gasteiger partial charge < -0.3 is 9.52 Å². The van der Waals surface area contributed by atoms with Crippen molar-refractivity contribution in [2.24, 2.45) is 0 Å². The van der Waals surface area contributed by atoms with Gasteiger partial charge >= 0.3 is 0 Å². The van der Waals surface area contributed by atoms with Crippen LogP contribution in [0.4, 0.5) is 0 Å². The van der Waals surface area contributed by atoms with Crippen LogP contribution >= 0.6 is 11.3 Å². The minimum atomic E-state index is -0.0595. The van der Waals surface area contributed by atoms with Gasteiger partial charge in [-0.25, -0.2) is 9.50 Å². The summed E-state index contributed by atoms with van der Waals surface area (Å²) in [6, 6.07) is 3.69. The van der Waals surface area contributed by atoms with Crippen LogP contribution in [0.25, 0.3) is 15.7 Å². The van der Waals surface area contributed by atoms with E-state index in [1.807, 2.05) is 12.1 Å². The average molecular weight is 263 g/mol. The molecular formula is C12H13N3O2S. The van der Waals surface area contributed by atoms with Gasteiger partial charge in [0, 0.05) is 0 Å². The first-order valence-corrected chi connectivity index (χ1v) is 6.55. The van der Waals surface area contributed by atoms with Crippen LogP contribution in [0.5, 0.6) is 0 Å². The lowest BCUT2D eigenvalue weighted by Gasteiger charge is -2.02. The van der Waals surface area contributed by atoms with Crippen molar-refractivity contribution < 1.29 is 9.52 Å². The van der Waals surface area contributed by atoms with E-state index in [0.29, 0.717) is 0 Å². The predicted molar refractivity (Wildman–Crippen MR) is 68.6 cm³/mol. The Morgan fingerprint density at radius 3 is 2.94 bits per heavy atom. The van der Waals surface area contributed by atoms with Gasteiger partial charge in [0.25, 0.3) is 0 Å². The number of nitrogens with zero attached hydrogens (tertiary/aromatic N) is 3. The van der Waals surface area contributed by atoms with Gasteiger partial charge in [0.15, 0.2) is 10.8 Å². The van der Waals surface area contributed by atoms with Crippen LogP contribution in [0, 0.1) is 0 Å². The third-order valence-electron chi connectivity index (χ3n) is 2.76. The summed E-state index contributed by atoms with van der Waals surface area (Å²) in [4.78, 5) is 5.32. The predicted octanol–water partition coefficient (Wildman–Crippen LogP) is 2.67. The van der Waals surface area contributed by atoms with Crippen LogP contribution in [-0.4, -0.2) is 19.7 Å². The number of furan rings is 1. The monoisotopic (exact) mass is 263 g/mol. The molecule has 0 aliphatic rings. The molecule has 0 aromatic carbocycles. The van der Waals surface area contributed by atoms with Gasteiger partial charge in [-0.3, -0.25) is 0 Å². The second-order valence-electron chi connectivity index (χ2n) is 4.34. The lowest BCUT2D eigenvalue weighted by Crippen LogP contribution is -1.99. The maximum atomic E-state index is 9.47. The first kappa shape index (κ1) is 11.4. The Morgan fingerprint density at radius 2 is 2.33 bits per heavy atom. The van der Waals surface area contributed by atoms with Crippen molar-refractivity contribution in [2.45, 2.75) is 26.4 Å². The van der Waals surface area contributed by atoms with Gasteiger partial charge in [-0.1, -0.05) is 25.2 Å². The van der Waals surface area contributed by atoms with Gasteiger partial charge in [-0.2, -0.15) is 5.10 Å². The second kappa shape index (κ2) is 4.22. The van der Waals surface area contributed by atoms with E-state index < -0.39 is 0 Å². The van der Waals surface area contributed by atoms with Crippen molar-refractivity contribution in [2.75, 3.05) is 0 Å². The zero-order valence-electron chi connectivity index (χ0n) is 10.1. The molecule has 0 amide bonds. The first-order chi connectivity index (χ1) is 8.70. The molecule has 3 heterocycles. The second-order valence-corrected chi connectivity index (χ2v) is 5.29. The Bertz CT molecular complexity index is 667. The number of rotatable bonds is 3. The Balaban J connectivity index is 2.17. The van der Waals surface area contributed by atoms with E-state index in [1.54, 1.807) is 10.8 Å². The summed E-state index contributed by atoms with van der Waals surface area (Å²) in [6.07, 6.45) is 1.62. The number of hydrogen-bond acceptors (Lipinski definition) is 5. The van der Waals surface area contributed by atoms with Gasteiger partial charge in [0.1, 0.15) is 0 Å². The SMILES string of the molecule is CC(C)c1nc2sc(-c3ccco3)nn2c1CO. The zero-order chi connectivity index (χ0) is 12.7. The molecule has 0 aliphatic heterocycles. The zero-order valence-corrected chi connectivity index (χ0v) is 10.9. The molecule has 0 fully saturated rings. The summed E-state index contributed by atoms with van der Waals surface area (Å²) in [5.74, 6) is 0.994. The molecule has 3 rings (SSSR count). The largest absolute Gasteiger partial charge is 0.462 e. The van der Waals surface area contributed by atoms with E-state index in [9.17, 15) is 5.11 Å². The summed E-state index contributed by atoms with van der Waals surface area (Å²) in [6.45, 7) is 4.05. The maximum absolute atomic E-state index is 9.47. The molecule has 5 nitrogen and oxygen atoms in total. The fraction of sp³-hybridized carbons (Fsp3) is 0.333. The summed E-state index contributed by atoms with van der Waals surface area (Å²) in [7, 11) is 0. The summed E-state index contributed by atoms with van der Waals surface area (Å²) < 4.78 is 7.02. The molecule has 0 unspecified atom stereocenters. The summed E-state index contributed by atoms with van der Waals surface area (Å²) in [5, 5.41) is 14.7. The topological polar surface area (TPSA) is 63.6 Å². The lowest BCUT2D eigenvalue weighted by atomic mass is 10.1. The highest BCUT2D eigenvalue weighted by Crippen LogP contribution is 2.29. The molecule has 0 aliphatic carbocycles. The lowest BCUT2D eigenvalue weighted by molar-refractivity contribution is 0.272. The maximum Gasteiger partial charge on any atom is 0.213 e. The van der Waals surface area contributed by atoms with Crippen LogP contribution in [0.1, 0.15) is 31.2 Å². The summed E-state index contributed by atoms with van der Waals surface area (Å²) in [5.41, 5.74) is 1.66. The van der Waals surface area contributed by atoms with Crippen molar-refractivity contribution >= 4 is 16.3 Å². The van der Waals surface area contributed by atoms with Crippen LogP contribution in [0.15, 0.2) is 22.8 Å². The third kappa shape index (κ3) is 1.65. The molecule has 3 aromatic heterocycles. The minimum Gasteiger partial charge on any atom is -0.462 e. The van der Waals surface area contributed by atoms with Gasteiger partial charge in [0.05, 0.1) is 24.3 Å². The molecule has 1 N–H and O–H groups in total. The molecule has 0 bridgehead atoms. The fourth-order valence-electron chi connectivity index (χ4n) is 1.92. The van der Waals surface area contributed by atoms with Crippen molar-refractivity contribution in [1.82, 2.24) is 14.6 Å². The van der Waals surface area contributed by atoms with E-state index in [4.69, 9.17) is 4.42 Å². The van der Waals surface area contributed by atoms with Crippen LogP contribution < -0.4 is 0 Å². The Labute approximate surface area is 108 Å². The van der Waals surface area contributed by atoms with E-state index >= 15 is 0 Å². The molecule has 0 spiro atoms. The highest BCUT2D eigenvalue weighted by Gasteiger charge is 2.19. The molecule has 0 saturated heterocycles. The van der Waals surface area contributed by atoms with Crippen LogP contribution in [0.3, 0.4) is 0 Å². The molecule has 6 heteroatoms. The number of imidazole rings is 1. The number of aliphatic hydroxyl groups excluding tert-OH is 1. The fourth-order valence-corrected chi connectivity index (χ4v) is 2.81. The Morgan fingerprint density at radius 1 is 1.50 bits per heavy atom. The Kier molecular flexibility index (Phi) is 2.68. The van der Waals surface area contributed by atoms with Gasteiger partial charge in [-0.05, 0) is 18.1 Å². The smallest absolute Gasteiger partial charge is 0.213 e. The number of aliphatic hydroxyl groups is 1. The highest BCUT2D eigenvalue weighted by molar-refractivity contribution is 7.19. The number of fused-ring (bicyclic) bond motifs is 1.